The Morgan fingerprint density at radius 2 is 2.22 bits per heavy atom. The van der Waals surface area contributed by atoms with Gasteiger partial charge < -0.3 is 15.8 Å². The molecule has 96 valence electrons. The van der Waals surface area contributed by atoms with E-state index in [0.29, 0.717) is 12.1 Å². The molecule has 0 bridgehead atoms. The van der Waals surface area contributed by atoms with Gasteiger partial charge in [0.05, 0.1) is 32.7 Å². The first kappa shape index (κ1) is 11.7. The lowest BCUT2D eigenvalue weighted by Gasteiger charge is -2.35. The number of ether oxygens (including phenoxy) is 1. The largest absolute Gasteiger partial charge is 0.397 e. The third-order valence-electron chi connectivity index (χ3n) is 3.45. The predicted octanol–water partition coefficient (Wildman–Crippen LogP) is 2.78. The highest BCUT2D eigenvalue weighted by Crippen LogP contribution is 2.33. The van der Waals surface area contributed by atoms with Crippen molar-refractivity contribution in [3.8, 4) is 0 Å². The molecule has 1 aromatic carbocycles. The van der Waals surface area contributed by atoms with E-state index < -0.39 is 0 Å². The Morgan fingerprint density at radius 1 is 1.44 bits per heavy atom. The first-order valence-corrected chi connectivity index (χ1v) is 6.93. The van der Waals surface area contributed by atoms with Gasteiger partial charge in [0, 0.05) is 13.2 Å². The number of hydrogen-bond acceptors (Lipinski definition) is 5. The molecule has 1 aromatic heterocycles. The quantitative estimate of drug-likeness (QED) is 0.836. The zero-order chi connectivity index (χ0) is 12.7. The molecule has 4 nitrogen and oxygen atoms in total. The maximum atomic E-state index is 6.08. The second-order valence-electron chi connectivity index (χ2n) is 4.81. The summed E-state index contributed by atoms with van der Waals surface area (Å²) >= 11 is 1.68. The Bertz CT molecular complexity index is 575. The molecule has 1 aliphatic rings. The van der Waals surface area contributed by atoms with Gasteiger partial charge in [0.15, 0.2) is 0 Å². The van der Waals surface area contributed by atoms with Gasteiger partial charge in [-0.25, -0.2) is 4.98 Å². The van der Waals surface area contributed by atoms with E-state index in [0.717, 1.165) is 39.4 Å². The van der Waals surface area contributed by atoms with Crippen LogP contribution in [0.3, 0.4) is 0 Å². The lowest BCUT2D eigenvalue weighted by molar-refractivity contribution is 0.0329. The van der Waals surface area contributed by atoms with Crippen LogP contribution in [0.2, 0.25) is 0 Å². The molecule has 5 heteroatoms. The van der Waals surface area contributed by atoms with Crippen LogP contribution >= 0.6 is 11.3 Å². The van der Waals surface area contributed by atoms with Crippen molar-refractivity contribution in [3.05, 3.63) is 17.1 Å². The van der Waals surface area contributed by atoms with E-state index >= 15 is 0 Å². The van der Waals surface area contributed by atoms with Crippen LogP contribution in [0.5, 0.6) is 0 Å². The minimum Gasteiger partial charge on any atom is -0.397 e. The molecule has 0 amide bonds. The topological polar surface area (TPSA) is 60.2 Å². The van der Waals surface area contributed by atoms with Crippen LogP contribution in [0, 0.1) is 6.92 Å². The molecule has 0 radical (unpaired) electrons. The summed E-state index contributed by atoms with van der Waals surface area (Å²) in [6.45, 7) is 2.02. The first-order valence-electron chi connectivity index (χ1n) is 6.11. The molecule has 0 spiro atoms. The van der Waals surface area contributed by atoms with E-state index in [1.54, 1.807) is 18.4 Å². The molecular weight excluding hydrogens is 246 g/mol. The smallest absolute Gasteiger partial charge is 0.0907 e. The van der Waals surface area contributed by atoms with Crippen molar-refractivity contribution in [2.24, 2.45) is 0 Å². The van der Waals surface area contributed by atoms with Gasteiger partial charge in [-0.1, -0.05) is 0 Å². The number of benzene rings is 1. The van der Waals surface area contributed by atoms with Gasteiger partial charge in [0.1, 0.15) is 0 Å². The summed E-state index contributed by atoms with van der Waals surface area (Å²) in [5.74, 6) is 0. The summed E-state index contributed by atoms with van der Waals surface area (Å²) in [7, 11) is 1.76. The molecule has 1 aliphatic carbocycles. The van der Waals surface area contributed by atoms with Crippen molar-refractivity contribution in [1.29, 1.82) is 0 Å². The number of methoxy groups -OCH3 is 1. The SMILES string of the molecule is COC1CC(Nc2cc3nc(C)sc3cc2N)C1. The zero-order valence-corrected chi connectivity index (χ0v) is 11.4. The minimum absolute atomic E-state index is 0.397. The van der Waals surface area contributed by atoms with Crippen molar-refractivity contribution in [1.82, 2.24) is 4.98 Å². The molecule has 2 aromatic rings. The number of nitrogen functional groups attached to an aromatic ring is 1. The first-order chi connectivity index (χ1) is 8.65. The van der Waals surface area contributed by atoms with Gasteiger partial charge in [0.25, 0.3) is 0 Å². The summed E-state index contributed by atoms with van der Waals surface area (Å²) in [5.41, 5.74) is 8.89. The van der Waals surface area contributed by atoms with Crippen LogP contribution in [-0.4, -0.2) is 24.2 Å². The summed E-state index contributed by atoms with van der Waals surface area (Å²) in [6, 6.07) is 4.53. The van der Waals surface area contributed by atoms with Crippen LogP contribution in [0.15, 0.2) is 12.1 Å². The van der Waals surface area contributed by atoms with Crippen molar-refractivity contribution in [3.63, 3.8) is 0 Å². The Labute approximate surface area is 110 Å². The van der Waals surface area contributed by atoms with Crippen molar-refractivity contribution in [2.75, 3.05) is 18.2 Å². The Morgan fingerprint density at radius 3 is 2.94 bits per heavy atom. The highest BCUT2D eigenvalue weighted by atomic mass is 32.1. The number of aromatic nitrogens is 1. The number of aryl methyl sites for hydroxylation is 1. The van der Waals surface area contributed by atoms with Crippen LogP contribution < -0.4 is 11.1 Å². The average Bonchev–Trinajstić information content (AvgIpc) is 2.62. The molecule has 18 heavy (non-hydrogen) atoms. The van der Waals surface area contributed by atoms with Crippen molar-refractivity contribution >= 4 is 32.9 Å². The van der Waals surface area contributed by atoms with Crippen molar-refractivity contribution < 1.29 is 4.74 Å². The van der Waals surface area contributed by atoms with Gasteiger partial charge >= 0.3 is 0 Å². The second kappa shape index (κ2) is 4.40. The third-order valence-corrected chi connectivity index (χ3v) is 4.39. The number of anilines is 2. The highest BCUT2D eigenvalue weighted by Gasteiger charge is 2.29. The zero-order valence-electron chi connectivity index (χ0n) is 10.6. The Kier molecular flexibility index (Phi) is 2.87. The van der Waals surface area contributed by atoms with Gasteiger partial charge in [-0.15, -0.1) is 11.3 Å². The second-order valence-corrected chi connectivity index (χ2v) is 6.05. The molecule has 0 atom stereocenters. The minimum atomic E-state index is 0.397. The number of nitrogens with two attached hydrogens (primary N) is 1. The summed E-state index contributed by atoms with van der Waals surface area (Å²) in [4.78, 5) is 4.50. The van der Waals surface area contributed by atoms with Gasteiger partial charge in [-0.05, 0) is 31.9 Å². The number of fused-ring (bicyclic) bond motifs is 1. The Balaban J connectivity index is 1.81. The van der Waals surface area contributed by atoms with Gasteiger partial charge in [0.2, 0.25) is 0 Å². The normalized spacial score (nSPS) is 23.0. The third kappa shape index (κ3) is 2.04. The molecule has 0 unspecified atom stereocenters. The monoisotopic (exact) mass is 263 g/mol. The summed E-state index contributed by atoms with van der Waals surface area (Å²) in [6.07, 6.45) is 2.49. The molecule has 3 N–H and O–H groups in total. The fourth-order valence-corrected chi connectivity index (χ4v) is 3.18. The van der Waals surface area contributed by atoms with Gasteiger partial charge in [-0.2, -0.15) is 0 Å². The number of nitrogens with one attached hydrogen (secondary N) is 1. The highest BCUT2D eigenvalue weighted by molar-refractivity contribution is 7.18. The van der Waals surface area contributed by atoms with Crippen LogP contribution in [0.1, 0.15) is 17.8 Å². The average molecular weight is 263 g/mol. The van der Waals surface area contributed by atoms with E-state index in [9.17, 15) is 0 Å². The van der Waals surface area contributed by atoms with Gasteiger partial charge in [-0.3, -0.25) is 0 Å². The van der Waals surface area contributed by atoms with E-state index in [4.69, 9.17) is 10.5 Å². The molecule has 0 aliphatic heterocycles. The number of rotatable bonds is 3. The summed E-state index contributed by atoms with van der Waals surface area (Å²) in [5, 5.41) is 4.55. The van der Waals surface area contributed by atoms with E-state index in [1.807, 2.05) is 19.1 Å². The molecule has 3 rings (SSSR count). The van der Waals surface area contributed by atoms with Crippen molar-refractivity contribution in [2.45, 2.75) is 31.9 Å². The molecule has 0 saturated heterocycles. The van der Waals surface area contributed by atoms with E-state index in [2.05, 4.69) is 10.3 Å². The number of hydrogen-bond donors (Lipinski definition) is 2. The Hall–Kier alpha value is -1.33. The number of nitrogens with zero attached hydrogens (tertiary/aromatic N) is 1. The molecule has 1 fully saturated rings. The maximum Gasteiger partial charge on any atom is 0.0907 e. The standard InChI is InChI=1S/C13H17N3OS/c1-7-15-12-6-11(10(14)5-13(12)18-7)16-8-3-9(4-8)17-2/h5-6,8-9,16H,3-4,14H2,1-2H3. The fraction of sp³-hybridized carbons (Fsp3) is 0.462. The van der Waals surface area contributed by atoms with E-state index in [-0.39, 0.29) is 0 Å². The lowest BCUT2D eigenvalue weighted by atomic mass is 9.89. The van der Waals surface area contributed by atoms with E-state index in [1.165, 1.54) is 0 Å². The maximum absolute atomic E-state index is 6.08. The molecular formula is C13H17N3OS. The lowest BCUT2D eigenvalue weighted by Crippen LogP contribution is -2.40. The van der Waals surface area contributed by atoms with Crippen LogP contribution in [0.25, 0.3) is 10.2 Å². The van der Waals surface area contributed by atoms with Crippen LogP contribution in [-0.2, 0) is 4.74 Å². The predicted molar refractivity (Wildman–Crippen MR) is 76.2 cm³/mol. The van der Waals surface area contributed by atoms with Crippen LogP contribution in [0.4, 0.5) is 11.4 Å². The molecule has 1 saturated carbocycles. The molecule has 1 heterocycles. The fourth-order valence-electron chi connectivity index (χ4n) is 2.33. The number of thiazole rings is 1. The summed E-state index contributed by atoms with van der Waals surface area (Å²) < 4.78 is 6.43.